The molecule has 0 saturated heterocycles. The van der Waals surface area contributed by atoms with Crippen molar-refractivity contribution in [2.24, 2.45) is 11.8 Å². The summed E-state index contributed by atoms with van der Waals surface area (Å²) in [7, 11) is 0. The van der Waals surface area contributed by atoms with Crippen molar-refractivity contribution in [1.82, 2.24) is 5.32 Å². The molecule has 1 rings (SSSR count). The van der Waals surface area contributed by atoms with Gasteiger partial charge < -0.3 is 10.1 Å². The zero-order chi connectivity index (χ0) is 18.9. The summed E-state index contributed by atoms with van der Waals surface area (Å²) < 4.78 is 5.81. The van der Waals surface area contributed by atoms with E-state index < -0.39 is 0 Å². The van der Waals surface area contributed by atoms with Gasteiger partial charge >= 0.3 is 0 Å². The number of rotatable bonds is 12. The summed E-state index contributed by atoms with van der Waals surface area (Å²) in [6, 6.07) is 9.25. The van der Waals surface area contributed by atoms with Crippen LogP contribution in [0.1, 0.15) is 72.4 Å². The molecule has 0 heterocycles. The molecule has 0 spiro atoms. The molecule has 0 radical (unpaired) electrons. The van der Waals surface area contributed by atoms with Gasteiger partial charge in [0.15, 0.2) is 0 Å². The lowest BCUT2D eigenvalue weighted by Crippen LogP contribution is -2.29. The third-order valence-corrected chi connectivity index (χ3v) is 5.43. The Balaban J connectivity index is 2.31. The zero-order valence-electron chi connectivity index (χ0n) is 17.7. The van der Waals surface area contributed by atoms with Crippen LogP contribution in [0.25, 0.3) is 0 Å². The number of benzene rings is 1. The zero-order valence-corrected chi connectivity index (χ0v) is 17.7. The first-order chi connectivity index (χ1) is 11.8. The third-order valence-electron chi connectivity index (χ3n) is 5.43. The summed E-state index contributed by atoms with van der Waals surface area (Å²) in [6.45, 7) is 18.8. The molecule has 0 fully saturated rings. The third kappa shape index (κ3) is 8.37. The molecule has 3 atom stereocenters. The molecule has 0 aromatic heterocycles. The van der Waals surface area contributed by atoms with E-state index in [4.69, 9.17) is 4.74 Å². The Morgan fingerprint density at radius 3 is 2.12 bits per heavy atom. The van der Waals surface area contributed by atoms with Gasteiger partial charge in [0.05, 0.1) is 12.7 Å². The van der Waals surface area contributed by atoms with Gasteiger partial charge in [0.25, 0.3) is 0 Å². The number of hydrogen-bond donors (Lipinski definition) is 1. The first-order valence-corrected chi connectivity index (χ1v) is 10.2. The highest BCUT2D eigenvalue weighted by Crippen LogP contribution is 2.27. The van der Waals surface area contributed by atoms with Crippen LogP contribution in [0, 0.1) is 11.8 Å². The highest BCUT2D eigenvalue weighted by atomic mass is 16.5. The van der Waals surface area contributed by atoms with Gasteiger partial charge in [-0.25, -0.2) is 0 Å². The summed E-state index contributed by atoms with van der Waals surface area (Å²) in [5.41, 5.74) is 3.16. The Labute approximate surface area is 156 Å². The van der Waals surface area contributed by atoms with Crippen molar-refractivity contribution in [3.05, 3.63) is 35.4 Å². The van der Waals surface area contributed by atoms with Gasteiger partial charge in [-0.2, -0.15) is 0 Å². The van der Waals surface area contributed by atoms with Crippen molar-refractivity contribution in [2.45, 2.75) is 79.2 Å². The van der Waals surface area contributed by atoms with E-state index in [9.17, 15) is 0 Å². The van der Waals surface area contributed by atoms with E-state index in [1.807, 2.05) is 0 Å². The van der Waals surface area contributed by atoms with Crippen LogP contribution in [0.5, 0.6) is 0 Å². The highest BCUT2D eigenvalue weighted by Gasteiger charge is 2.17. The summed E-state index contributed by atoms with van der Waals surface area (Å²) in [5, 5.41) is 3.61. The lowest BCUT2D eigenvalue weighted by atomic mass is 9.82. The smallest absolute Gasteiger partial charge is 0.0544 e. The average Bonchev–Trinajstić information content (AvgIpc) is 2.60. The molecule has 144 valence electrons. The van der Waals surface area contributed by atoms with E-state index in [1.165, 1.54) is 17.5 Å². The van der Waals surface area contributed by atoms with Gasteiger partial charge in [0.1, 0.15) is 0 Å². The molecule has 0 amide bonds. The molecule has 0 saturated carbocycles. The summed E-state index contributed by atoms with van der Waals surface area (Å²) >= 11 is 0. The monoisotopic (exact) mass is 347 g/mol. The number of ether oxygens (including phenoxy) is 1. The summed E-state index contributed by atoms with van der Waals surface area (Å²) in [4.78, 5) is 0. The van der Waals surface area contributed by atoms with Crippen LogP contribution in [-0.4, -0.2) is 25.8 Å². The quantitative estimate of drug-likeness (QED) is 0.532. The minimum absolute atomic E-state index is 0.277. The molecule has 1 aromatic carbocycles. The first kappa shape index (κ1) is 22.2. The van der Waals surface area contributed by atoms with Crippen LogP contribution in [0.2, 0.25) is 0 Å². The SMILES string of the molecule is CC[C@@H](C)OCC(C)CNCC(C)Cc1ccc(C(C)(C)CC)cc1. The topological polar surface area (TPSA) is 21.3 Å². The van der Waals surface area contributed by atoms with E-state index in [0.29, 0.717) is 17.9 Å². The van der Waals surface area contributed by atoms with Crippen molar-refractivity contribution >= 4 is 0 Å². The van der Waals surface area contributed by atoms with Crippen molar-refractivity contribution < 1.29 is 4.74 Å². The highest BCUT2D eigenvalue weighted by molar-refractivity contribution is 5.28. The molecule has 25 heavy (non-hydrogen) atoms. The molecule has 0 aliphatic carbocycles. The average molecular weight is 348 g/mol. The van der Waals surface area contributed by atoms with E-state index >= 15 is 0 Å². The molecule has 0 aliphatic heterocycles. The van der Waals surface area contributed by atoms with E-state index in [-0.39, 0.29) is 5.41 Å². The van der Waals surface area contributed by atoms with Crippen LogP contribution in [0.3, 0.4) is 0 Å². The minimum Gasteiger partial charge on any atom is -0.378 e. The predicted molar refractivity (Wildman–Crippen MR) is 110 cm³/mol. The fraction of sp³-hybridized carbons (Fsp3) is 0.739. The molecule has 2 nitrogen and oxygen atoms in total. The van der Waals surface area contributed by atoms with Crippen LogP contribution < -0.4 is 5.32 Å². The van der Waals surface area contributed by atoms with Crippen LogP contribution >= 0.6 is 0 Å². The van der Waals surface area contributed by atoms with Crippen LogP contribution in [0.4, 0.5) is 0 Å². The Bertz CT molecular complexity index is 465. The van der Waals surface area contributed by atoms with Gasteiger partial charge in [-0.05, 0) is 67.7 Å². The number of nitrogens with one attached hydrogen (secondary N) is 1. The lowest BCUT2D eigenvalue weighted by Gasteiger charge is -2.23. The van der Waals surface area contributed by atoms with E-state index in [1.54, 1.807) is 0 Å². The van der Waals surface area contributed by atoms with Gasteiger partial charge in [-0.15, -0.1) is 0 Å². The van der Waals surface area contributed by atoms with E-state index in [0.717, 1.165) is 32.5 Å². The van der Waals surface area contributed by atoms with Crippen molar-refractivity contribution in [1.29, 1.82) is 0 Å². The van der Waals surface area contributed by atoms with Gasteiger partial charge in [0.2, 0.25) is 0 Å². The van der Waals surface area contributed by atoms with E-state index in [2.05, 4.69) is 78.0 Å². The molecule has 2 heteroatoms. The molecule has 0 aliphatic rings. The van der Waals surface area contributed by atoms with Gasteiger partial charge in [-0.3, -0.25) is 0 Å². The van der Waals surface area contributed by atoms with Crippen LogP contribution in [0.15, 0.2) is 24.3 Å². The molecule has 2 unspecified atom stereocenters. The molecular formula is C23H41NO. The maximum Gasteiger partial charge on any atom is 0.0544 e. The minimum atomic E-state index is 0.277. The fourth-order valence-electron chi connectivity index (χ4n) is 2.85. The first-order valence-electron chi connectivity index (χ1n) is 10.2. The Hall–Kier alpha value is -0.860. The second-order valence-corrected chi connectivity index (χ2v) is 8.56. The maximum atomic E-state index is 5.81. The van der Waals surface area contributed by atoms with Gasteiger partial charge in [0, 0.05) is 0 Å². The van der Waals surface area contributed by atoms with Crippen LogP contribution in [-0.2, 0) is 16.6 Å². The molecule has 0 bridgehead atoms. The molecule has 1 N–H and O–H groups in total. The summed E-state index contributed by atoms with van der Waals surface area (Å²) in [5.74, 6) is 1.21. The second kappa shape index (κ2) is 11.0. The predicted octanol–water partition coefficient (Wildman–Crippen LogP) is 5.59. The fourth-order valence-corrected chi connectivity index (χ4v) is 2.85. The summed E-state index contributed by atoms with van der Waals surface area (Å²) in [6.07, 6.45) is 3.77. The molecule has 1 aromatic rings. The van der Waals surface area contributed by atoms with Crippen molar-refractivity contribution in [3.8, 4) is 0 Å². The Morgan fingerprint density at radius 1 is 0.960 bits per heavy atom. The normalized spacial score (nSPS) is 15.8. The Morgan fingerprint density at radius 2 is 1.56 bits per heavy atom. The van der Waals surface area contributed by atoms with Gasteiger partial charge in [-0.1, -0.05) is 65.8 Å². The lowest BCUT2D eigenvalue weighted by molar-refractivity contribution is 0.0418. The largest absolute Gasteiger partial charge is 0.378 e. The number of hydrogen-bond acceptors (Lipinski definition) is 2. The molecular weight excluding hydrogens is 306 g/mol. The second-order valence-electron chi connectivity index (χ2n) is 8.56. The Kier molecular flexibility index (Phi) is 9.74. The van der Waals surface area contributed by atoms with Crippen molar-refractivity contribution in [2.75, 3.05) is 19.7 Å². The van der Waals surface area contributed by atoms with Crippen molar-refractivity contribution in [3.63, 3.8) is 0 Å². The maximum absolute atomic E-state index is 5.81. The standard InChI is InChI=1S/C23H41NO/c1-8-20(5)25-17-19(4)16-24-15-18(3)14-21-10-12-22(13-11-21)23(6,7)9-2/h10-13,18-20,24H,8-9,14-17H2,1-7H3/t18?,19?,20-/m1/s1.